The molecule has 8 heteroatoms. The van der Waals surface area contributed by atoms with Gasteiger partial charge in [-0.3, -0.25) is 4.79 Å². The molecule has 0 radical (unpaired) electrons. The number of carbonyl (C=O) groups is 1. The molecular formula is C18H18FN3O4. The van der Waals surface area contributed by atoms with E-state index < -0.39 is 22.8 Å². The molecule has 1 saturated heterocycles. The van der Waals surface area contributed by atoms with E-state index >= 15 is 4.39 Å². The fourth-order valence-corrected chi connectivity index (χ4v) is 3.79. The number of halogens is 1. The number of carboxylic acid groups (broad SMARTS) is 1. The number of anilines is 1. The van der Waals surface area contributed by atoms with Gasteiger partial charge in [0.1, 0.15) is 23.0 Å². The van der Waals surface area contributed by atoms with Gasteiger partial charge in [-0.1, -0.05) is 0 Å². The van der Waals surface area contributed by atoms with Gasteiger partial charge in [0.25, 0.3) is 0 Å². The van der Waals surface area contributed by atoms with Crippen molar-refractivity contribution in [3.8, 4) is 5.75 Å². The summed E-state index contributed by atoms with van der Waals surface area (Å²) in [4.78, 5) is 25.7. The van der Waals surface area contributed by atoms with Gasteiger partial charge in [0.2, 0.25) is 5.43 Å². The average molecular weight is 359 g/mol. The molecule has 0 bridgehead atoms. The quantitative estimate of drug-likeness (QED) is 0.851. The third-order valence-corrected chi connectivity index (χ3v) is 4.71. The van der Waals surface area contributed by atoms with Crippen molar-refractivity contribution in [1.29, 1.82) is 0 Å². The minimum atomic E-state index is -1.35. The number of aromatic nitrogens is 1. The summed E-state index contributed by atoms with van der Waals surface area (Å²) >= 11 is 0. The van der Waals surface area contributed by atoms with Gasteiger partial charge in [0, 0.05) is 37.6 Å². The van der Waals surface area contributed by atoms with E-state index in [0.717, 1.165) is 6.07 Å². The molecule has 0 unspecified atom stereocenters. The summed E-state index contributed by atoms with van der Waals surface area (Å²) in [5.74, 6) is -1.72. The molecular weight excluding hydrogens is 341 g/mol. The molecule has 2 atom stereocenters. The summed E-state index contributed by atoms with van der Waals surface area (Å²) in [6.45, 7) is 5.21. The molecule has 3 heterocycles. The lowest BCUT2D eigenvalue weighted by Crippen LogP contribution is -2.54. The number of carboxylic acids is 1. The maximum absolute atomic E-state index is 15.0. The van der Waals surface area contributed by atoms with E-state index in [9.17, 15) is 14.7 Å². The Balaban J connectivity index is 2.00. The number of nitrogens with zero attached hydrogens (tertiary/aromatic N) is 2. The van der Waals surface area contributed by atoms with E-state index in [1.54, 1.807) is 0 Å². The van der Waals surface area contributed by atoms with Crippen molar-refractivity contribution >= 4 is 28.8 Å². The summed E-state index contributed by atoms with van der Waals surface area (Å²) in [7, 11) is 0. The maximum Gasteiger partial charge on any atom is 0.341 e. The van der Waals surface area contributed by atoms with E-state index in [0.29, 0.717) is 24.3 Å². The molecule has 0 saturated carbocycles. The Morgan fingerprint density at radius 3 is 2.69 bits per heavy atom. The molecule has 2 N–H and O–H groups in total. The molecule has 136 valence electrons. The van der Waals surface area contributed by atoms with Crippen molar-refractivity contribution in [2.75, 3.05) is 18.0 Å². The Hall–Kier alpha value is -2.87. The van der Waals surface area contributed by atoms with Crippen LogP contribution in [0.2, 0.25) is 0 Å². The van der Waals surface area contributed by atoms with Crippen molar-refractivity contribution in [3.63, 3.8) is 0 Å². The molecule has 1 aromatic carbocycles. The molecule has 4 rings (SSSR count). The molecule has 2 aliphatic heterocycles. The number of aromatic carboxylic acids is 1. The molecule has 2 aliphatic rings. The van der Waals surface area contributed by atoms with Crippen LogP contribution in [0.25, 0.3) is 17.1 Å². The van der Waals surface area contributed by atoms with Crippen LogP contribution in [0.5, 0.6) is 5.75 Å². The molecule has 26 heavy (non-hydrogen) atoms. The number of rotatable bonds is 2. The molecule has 0 aliphatic carbocycles. The van der Waals surface area contributed by atoms with Crippen molar-refractivity contribution in [1.82, 2.24) is 9.88 Å². The minimum absolute atomic E-state index is 0.0123. The topological polar surface area (TPSA) is 83.8 Å². The third-order valence-electron chi connectivity index (χ3n) is 4.71. The fourth-order valence-electron chi connectivity index (χ4n) is 3.79. The fraction of sp³-hybridized carbons (Fsp3) is 0.333. The van der Waals surface area contributed by atoms with Crippen molar-refractivity contribution < 1.29 is 19.0 Å². The smallest absolute Gasteiger partial charge is 0.341 e. The first-order valence-corrected chi connectivity index (χ1v) is 8.35. The number of pyridine rings is 1. The SMILES string of the molecule is C[C@@H]1CN(c2c(F)cc3c(=O)c(C(=O)O)cn4c3c2OC=C4)C[C@H](C)N1. The molecule has 2 aromatic rings. The largest absolute Gasteiger partial charge is 0.477 e. The highest BCUT2D eigenvalue weighted by atomic mass is 19.1. The Morgan fingerprint density at radius 1 is 1.35 bits per heavy atom. The summed E-state index contributed by atoms with van der Waals surface area (Å²) in [5.41, 5.74) is -0.473. The Labute approximate surface area is 148 Å². The maximum atomic E-state index is 15.0. The van der Waals surface area contributed by atoms with Crippen LogP contribution in [0.3, 0.4) is 0 Å². The number of benzene rings is 1. The lowest BCUT2D eigenvalue weighted by Gasteiger charge is -2.38. The average Bonchev–Trinajstić information content (AvgIpc) is 2.56. The second-order valence-corrected chi connectivity index (χ2v) is 6.79. The number of hydrogen-bond acceptors (Lipinski definition) is 5. The van der Waals surface area contributed by atoms with Gasteiger partial charge in [-0.2, -0.15) is 0 Å². The Kier molecular flexibility index (Phi) is 3.73. The highest BCUT2D eigenvalue weighted by Crippen LogP contribution is 2.40. The van der Waals surface area contributed by atoms with Gasteiger partial charge >= 0.3 is 5.97 Å². The lowest BCUT2D eigenvalue weighted by molar-refractivity contribution is 0.0695. The highest BCUT2D eigenvalue weighted by Gasteiger charge is 2.30. The highest BCUT2D eigenvalue weighted by molar-refractivity contribution is 5.98. The van der Waals surface area contributed by atoms with Crippen LogP contribution >= 0.6 is 0 Å². The number of piperazine rings is 1. The predicted molar refractivity (Wildman–Crippen MR) is 95.4 cm³/mol. The zero-order valence-electron chi connectivity index (χ0n) is 14.3. The summed E-state index contributed by atoms with van der Waals surface area (Å²) in [5, 5.41) is 12.6. The number of nitrogens with one attached hydrogen (secondary N) is 1. The van der Waals surface area contributed by atoms with Crippen LogP contribution in [0, 0.1) is 5.82 Å². The van der Waals surface area contributed by atoms with Gasteiger partial charge in [-0.15, -0.1) is 0 Å². The van der Waals surface area contributed by atoms with Gasteiger partial charge in [-0.25, -0.2) is 9.18 Å². The second-order valence-electron chi connectivity index (χ2n) is 6.79. The zero-order chi connectivity index (χ0) is 18.6. The molecule has 1 aromatic heterocycles. The standard InChI is InChI=1S/C18H18FN3O4/c1-9-6-22(7-10(2)20-9)15-13(19)5-11-14-17(15)26-4-3-21(14)8-12(16(11)23)18(24)25/h3-5,8-10,20H,6-7H2,1-2H3,(H,24,25)/t9-,10+. The summed E-state index contributed by atoms with van der Waals surface area (Å²) in [6.07, 6.45) is 4.10. The molecule has 0 amide bonds. The van der Waals surface area contributed by atoms with Crippen LogP contribution in [0.1, 0.15) is 24.2 Å². The van der Waals surface area contributed by atoms with Crippen LogP contribution in [0.4, 0.5) is 10.1 Å². The van der Waals surface area contributed by atoms with E-state index in [1.807, 2.05) is 18.7 Å². The van der Waals surface area contributed by atoms with E-state index in [2.05, 4.69) is 5.32 Å². The monoisotopic (exact) mass is 359 g/mol. The first-order valence-electron chi connectivity index (χ1n) is 8.35. The normalized spacial score (nSPS) is 21.7. The predicted octanol–water partition coefficient (Wildman–Crippen LogP) is 1.85. The van der Waals surface area contributed by atoms with Gasteiger partial charge in [-0.05, 0) is 19.9 Å². The Bertz CT molecular complexity index is 1000. The second kappa shape index (κ2) is 5.84. The van der Waals surface area contributed by atoms with Crippen molar-refractivity contribution in [2.45, 2.75) is 25.9 Å². The van der Waals surface area contributed by atoms with Crippen LogP contribution < -0.4 is 20.4 Å². The molecule has 7 nitrogen and oxygen atoms in total. The molecule has 0 spiro atoms. The van der Waals surface area contributed by atoms with Gasteiger partial charge < -0.3 is 24.6 Å². The van der Waals surface area contributed by atoms with Crippen LogP contribution in [-0.2, 0) is 0 Å². The zero-order valence-corrected chi connectivity index (χ0v) is 14.3. The van der Waals surface area contributed by atoms with Gasteiger partial charge in [0.15, 0.2) is 11.6 Å². The van der Waals surface area contributed by atoms with Crippen LogP contribution in [0.15, 0.2) is 23.3 Å². The Morgan fingerprint density at radius 2 is 2.04 bits per heavy atom. The summed E-state index contributed by atoms with van der Waals surface area (Å²) < 4.78 is 22.1. The first-order chi connectivity index (χ1) is 12.4. The van der Waals surface area contributed by atoms with Gasteiger partial charge in [0.05, 0.1) is 5.39 Å². The van der Waals surface area contributed by atoms with E-state index in [1.165, 1.54) is 23.2 Å². The summed E-state index contributed by atoms with van der Waals surface area (Å²) in [6, 6.07) is 1.44. The van der Waals surface area contributed by atoms with E-state index in [4.69, 9.17) is 4.74 Å². The third kappa shape index (κ3) is 2.45. The lowest BCUT2D eigenvalue weighted by atomic mass is 10.1. The molecule has 1 fully saturated rings. The minimum Gasteiger partial charge on any atom is -0.477 e. The van der Waals surface area contributed by atoms with Crippen LogP contribution in [-0.4, -0.2) is 40.8 Å². The number of ether oxygens (including phenoxy) is 1. The van der Waals surface area contributed by atoms with Crippen molar-refractivity contribution in [3.05, 3.63) is 40.1 Å². The van der Waals surface area contributed by atoms with Crippen molar-refractivity contribution in [2.24, 2.45) is 0 Å². The first kappa shape index (κ1) is 16.6. The van der Waals surface area contributed by atoms with E-state index in [-0.39, 0.29) is 23.2 Å². The number of hydrogen-bond donors (Lipinski definition) is 2.